The molecule has 112 valence electrons. The van der Waals surface area contributed by atoms with Gasteiger partial charge in [-0.05, 0) is 63.8 Å². The van der Waals surface area contributed by atoms with Gasteiger partial charge in [0.2, 0.25) is 0 Å². The van der Waals surface area contributed by atoms with E-state index in [4.69, 9.17) is 5.73 Å². The molecule has 2 fully saturated rings. The van der Waals surface area contributed by atoms with Crippen LogP contribution in [0.2, 0.25) is 0 Å². The highest BCUT2D eigenvalue weighted by Gasteiger charge is 2.42. The molecule has 0 aromatic rings. The van der Waals surface area contributed by atoms with Gasteiger partial charge in [0.05, 0.1) is 0 Å². The van der Waals surface area contributed by atoms with Crippen molar-refractivity contribution < 1.29 is 0 Å². The monoisotopic (exact) mass is 266 g/mol. The van der Waals surface area contributed by atoms with Crippen molar-refractivity contribution in [2.24, 2.45) is 17.6 Å². The van der Waals surface area contributed by atoms with Crippen LogP contribution in [0.5, 0.6) is 0 Å². The molecule has 1 saturated heterocycles. The van der Waals surface area contributed by atoms with Gasteiger partial charge in [-0.1, -0.05) is 26.7 Å². The molecule has 19 heavy (non-hydrogen) atoms. The van der Waals surface area contributed by atoms with Crippen LogP contribution in [0.15, 0.2) is 0 Å². The highest BCUT2D eigenvalue weighted by molar-refractivity contribution is 4.99. The average Bonchev–Trinajstić information content (AvgIpc) is 2.40. The highest BCUT2D eigenvalue weighted by atomic mass is 15.2. The SMILES string of the molecule is CCCC1CCC(CN)(N2CCC(C)CC2C)CC1. The number of hydrogen-bond acceptors (Lipinski definition) is 2. The van der Waals surface area contributed by atoms with Gasteiger partial charge in [-0.3, -0.25) is 4.90 Å². The van der Waals surface area contributed by atoms with Crippen molar-refractivity contribution in [3.05, 3.63) is 0 Å². The molecule has 1 saturated carbocycles. The van der Waals surface area contributed by atoms with E-state index >= 15 is 0 Å². The lowest BCUT2D eigenvalue weighted by Gasteiger charge is -2.53. The average molecular weight is 266 g/mol. The smallest absolute Gasteiger partial charge is 0.0334 e. The molecule has 0 radical (unpaired) electrons. The van der Waals surface area contributed by atoms with Crippen molar-refractivity contribution in [3.8, 4) is 0 Å². The topological polar surface area (TPSA) is 29.3 Å². The van der Waals surface area contributed by atoms with Gasteiger partial charge in [0.25, 0.3) is 0 Å². The zero-order valence-electron chi connectivity index (χ0n) is 13.3. The van der Waals surface area contributed by atoms with Crippen molar-refractivity contribution in [2.45, 2.75) is 83.7 Å². The summed E-state index contributed by atoms with van der Waals surface area (Å²) >= 11 is 0. The Morgan fingerprint density at radius 3 is 2.37 bits per heavy atom. The van der Waals surface area contributed by atoms with Crippen molar-refractivity contribution >= 4 is 0 Å². The summed E-state index contributed by atoms with van der Waals surface area (Å²) < 4.78 is 0. The van der Waals surface area contributed by atoms with Crippen LogP contribution in [0.4, 0.5) is 0 Å². The molecule has 0 aromatic heterocycles. The largest absolute Gasteiger partial charge is 0.329 e. The van der Waals surface area contributed by atoms with E-state index in [1.165, 1.54) is 57.9 Å². The van der Waals surface area contributed by atoms with Crippen LogP contribution in [0.25, 0.3) is 0 Å². The summed E-state index contributed by atoms with van der Waals surface area (Å²) in [6.45, 7) is 9.29. The van der Waals surface area contributed by atoms with E-state index in [0.717, 1.165) is 24.4 Å². The van der Waals surface area contributed by atoms with Crippen LogP contribution in [0.3, 0.4) is 0 Å². The van der Waals surface area contributed by atoms with E-state index in [-0.39, 0.29) is 0 Å². The molecule has 2 aliphatic rings. The highest BCUT2D eigenvalue weighted by Crippen LogP contribution is 2.41. The van der Waals surface area contributed by atoms with Gasteiger partial charge >= 0.3 is 0 Å². The van der Waals surface area contributed by atoms with Crippen molar-refractivity contribution in [1.82, 2.24) is 4.90 Å². The maximum Gasteiger partial charge on any atom is 0.0334 e. The number of hydrogen-bond donors (Lipinski definition) is 1. The standard InChI is InChI=1S/C17H34N2/c1-4-5-16-6-9-17(13-18,10-7-16)19-11-8-14(2)12-15(19)3/h14-16H,4-13,18H2,1-3H3. The number of nitrogens with zero attached hydrogens (tertiary/aromatic N) is 1. The first-order chi connectivity index (χ1) is 9.11. The Kier molecular flexibility index (Phi) is 5.30. The molecule has 0 spiro atoms. The van der Waals surface area contributed by atoms with Gasteiger partial charge in [-0.25, -0.2) is 0 Å². The van der Waals surface area contributed by atoms with Crippen LogP contribution in [-0.2, 0) is 0 Å². The third-order valence-electron chi connectivity index (χ3n) is 5.86. The number of nitrogens with two attached hydrogens (primary N) is 1. The third kappa shape index (κ3) is 3.33. The summed E-state index contributed by atoms with van der Waals surface area (Å²) in [6.07, 6.45) is 11.0. The Morgan fingerprint density at radius 2 is 1.84 bits per heavy atom. The molecule has 1 heterocycles. The molecule has 1 aliphatic carbocycles. The first-order valence-corrected chi connectivity index (χ1v) is 8.58. The Balaban J connectivity index is 1.99. The molecule has 0 amide bonds. The summed E-state index contributed by atoms with van der Waals surface area (Å²) in [5, 5.41) is 0. The van der Waals surface area contributed by atoms with Crippen molar-refractivity contribution in [1.29, 1.82) is 0 Å². The van der Waals surface area contributed by atoms with Crippen molar-refractivity contribution in [2.75, 3.05) is 13.1 Å². The fourth-order valence-corrected chi connectivity index (χ4v) is 4.63. The first kappa shape index (κ1) is 15.3. The quantitative estimate of drug-likeness (QED) is 0.838. The van der Waals surface area contributed by atoms with Crippen LogP contribution < -0.4 is 5.73 Å². The fourth-order valence-electron chi connectivity index (χ4n) is 4.63. The predicted molar refractivity (Wildman–Crippen MR) is 83.2 cm³/mol. The minimum Gasteiger partial charge on any atom is -0.329 e. The Bertz CT molecular complexity index is 268. The minimum absolute atomic E-state index is 0.337. The van der Waals surface area contributed by atoms with Crippen LogP contribution >= 0.6 is 0 Å². The molecule has 2 rings (SSSR count). The summed E-state index contributed by atoms with van der Waals surface area (Å²) in [6, 6.07) is 0.732. The maximum atomic E-state index is 6.24. The van der Waals surface area contributed by atoms with Gasteiger partial charge in [-0.15, -0.1) is 0 Å². The van der Waals surface area contributed by atoms with Crippen LogP contribution in [-0.4, -0.2) is 29.6 Å². The van der Waals surface area contributed by atoms with Gasteiger partial charge in [0.15, 0.2) is 0 Å². The normalized spacial score (nSPS) is 41.4. The molecular weight excluding hydrogens is 232 g/mol. The maximum absolute atomic E-state index is 6.24. The lowest BCUT2D eigenvalue weighted by molar-refractivity contribution is -0.0175. The molecule has 2 heteroatoms. The van der Waals surface area contributed by atoms with E-state index in [0.29, 0.717) is 5.54 Å². The van der Waals surface area contributed by atoms with Gasteiger partial charge in [-0.2, -0.15) is 0 Å². The van der Waals surface area contributed by atoms with Gasteiger partial charge in [0, 0.05) is 18.1 Å². The van der Waals surface area contributed by atoms with Crippen LogP contribution in [0, 0.1) is 11.8 Å². The van der Waals surface area contributed by atoms with E-state index in [1.54, 1.807) is 0 Å². The summed E-state index contributed by atoms with van der Waals surface area (Å²) in [5.41, 5.74) is 6.58. The lowest BCUT2D eigenvalue weighted by Crippen LogP contribution is -2.60. The predicted octanol–water partition coefficient (Wildman–Crippen LogP) is 3.79. The molecule has 0 aromatic carbocycles. The zero-order chi connectivity index (χ0) is 13.9. The Labute approximate surface area is 120 Å². The molecule has 2 atom stereocenters. The number of piperidine rings is 1. The summed E-state index contributed by atoms with van der Waals surface area (Å²) in [7, 11) is 0. The molecule has 0 bridgehead atoms. The second kappa shape index (κ2) is 6.58. The second-order valence-corrected chi connectivity index (χ2v) is 7.33. The van der Waals surface area contributed by atoms with E-state index in [1.807, 2.05) is 0 Å². The molecule has 2 nitrogen and oxygen atoms in total. The molecular formula is C17H34N2. The summed E-state index contributed by atoms with van der Waals surface area (Å²) in [4.78, 5) is 2.79. The fraction of sp³-hybridized carbons (Fsp3) is 1.00. The van der Waals surface area contributed by atoms with Gasteiger partial charge in [0.1, 0.15) is 0 Å². The number of rotatable bonds is 4. The number of likely N-dealkylation sites (tertiary alicyclic amines) is 1. The zero-order valence-corrected chi connectivity index (χ0v) is 13.3. The minimum atomic E-state index is 0.337. The summed E-state index contributed by atoms with van der Waals surface area (Å²) in [5.74, 6) is 1.88. The second-order valence-electron chi connectivity index (χ2n) is 7.33. The van der Waals surface area contributed by atoms with Crippen LogP contribution in [0.1, 0.15) is 72.1 Å². The third-order valence-corrected chi connectivity index (χ3v) is 5.86. The van der Waals surface area contributed by atoms with Gasteiger partial charge < -0.3 is 5.73 Å². The lowest BCUT2D eigenvalue weighted by atomic mass is 9.72. The first-order valence-electron chi connectivity index (χ1n) is 8.58. The van der Waals surface area contributed by atoms with E-state index in [2.05, 4.69) is 25.7 Å². The van der Waals surface area contributed by atoms with E-state index < -0.39 is 0 Å². The molecule has 2 unspecified atom stereocenters. The molecule has 1 aliphatic heterocycles. The Morgan fingerprint density at radius 1 is 1.16 bits per heavy atom. The van der Waals surface area contributed by atoms with E-state index in [9.17, 15) is 0 Å². The molecule has 2 N–H and O–H groups in total. The van der Waals surface area contributed by atoms with Crippen molar-refractivity contribution in [3.63, 3.8) is 0 Å². The Hall–Kier alpha value is -0.0800.